The molecule has 0 spiro atoms. The van der Waals surface area contributed by atoms with Gasteiger partial charge in [-0.25, -0.2) is 4.39 Å². The summed E-state index contributed by atoms with van der Waals surface area (Å²) < 4.78 is 53.8. The molecule has 1 heterocycles. The van der Waals surface area contributed by atoms with Crippen LogP contribution in [0.15, 0.2) is 34.8 Å². The van der Waals surface area contributed by atoms with Gasteiger partial charge in [0.05, 0.1) is 11.1 Å². The van der Waals surface area contributed by atoms with Crippen molar-refractivity contribution < 1.29 is 22.4 Å². The standard InChI is InChI=1S/C15H12F4N2OS/c16-12-10(2-1-3-11(12)15(17,18)19)13(22)20-14-21(6-7-23-14)8-9-4-5-9/h1-3,6-7,9H,4-5,8H2/b20-14-. The average molecular weight is 344 g/mol. The van der Waals surface area contributed by atoms with Crippen molar-refractivity contribution in [1.82, 2.24) is 4.57 Å². The normalized spacial score (nSPS) is 15.9. The van der Waals surface area contributed by atoms with Gasteiger partial charge in [0.25, 0.3) is 5.91 Å². The van der Waals surface area contributed by atoms with Gasteiger partial charge in [-0.3, -0.25) is 4.79 Å². The molecule has 1 aromatic carbocycles. The van der Waals surface area contributed by atoms with Gasteiger partial charge in [-0.1, -0.05) is 6.07 Å². The topological polar surface area (TPSA) is 34.4 Å². The van der Waals surface area contributed by atoms with Crippen LogP contribution >= 0.6 is 11.3 Å². The van der Waals surface area contributed by atoms with Crippen molar-refractivity contribution in [2.75, 3.05) is 0 Å². The molecule has 1 amide bonds. The van der Waals surface area contributed by atoms with Gasteiger partial charge in [0, 0.05) is 18.1 Å². The Morgan fingerprint density at radius 3 is 2.74 bits per heavy atom. The van der Waals surface area contributed by atoms with Gasteiger partial charge in [-0.15, -0.1) is 11.3 Å². The Balaban J connectivity index is 1.95. The molecule has 1 saturated carbocycles. The van der Waals surface area contributed by atoms with Crippen LogP contribution in [-0.2, 0) is 12.7 Å². The lowest BCUT2D eigenvalue weighted by Crippen LogP contribution is -2.18. The summed E-state index contributed by atoms with van der Waals surface area (Å²) in [7, 11) is 0. The summed E-state index contributed by atoms with van der Waals surface area (Å²) >= 11 is 1.19. The maximum Gasteiger partial charge on any atom is 0.419 e. The van der Waals surface area contributed by atoms with E-state index in [1.807, 2.05) is 0 Å². The smallest absolute Gasteiger partial charge is 0.323 e. The lowest BCUT2D eigenvalue weighted by Gasteiger charge is -2.09. The Kier molecular flexibility index (Phi) is 4.09. The molecule has 0 unspecified atom stereocenters. The van der Waals surface area contributed by atoms with E-state index in [1.165, 1.54) is 11.3 Å². The molecule has 2 aromatic rings. The van der Waals surface area contributed by atoms with Crippen LogP contribution in [0.25, 0.3) is 0 Å². The zero-order valence-electron chi connectivity index (χ0n) is 11.8. The molecule has 1 aliphatic carbocycles. The molecule has 0 radical (unpaired) electrons. The number of hydrogen-bond acceptors (Lipinski definition) is 2. The Morgan fingerprint density at radius 1 is 1.35 bits per heavy atom. The first kappa shape index (κ1) is 15.9. The van der Waals surface area contributed by atoms with Crippen LogP contribution in [0.2, 0.25) is 0 Å². The van der Waals surface area contributed by atoms with Crippen molar-refractivity contribution in [3.8, 4) is 0 Å². The van der Waals surface area contributed by atoms with Crippen molar-refractivity contribution in [2.24, 2.45) is 10.9 Å². The lowest BCUT2D eigenvalue weighted by atomic mass is 10.1. The predicted molar refractivity (Wildman–Crippen MR) is 76.3 cm³/mol. The van der Waals surface area contributed by atoms with Crippen LogP contribution in [0.3, 0.4) is 0 Å². The predicted octanol–water partition coefficient (Wildman–Crippen LogP) is 3.86. The molecule has 0 N–H and O–H groups in total. The quantitative estimate of drug-likeness (QED) is 0.779. The molecular formula is C15H12F4N2OS. The Hall–Kier alpha value is -1.96. The fourth-order valence-corrected chi connectivity index (χ4v) is 2.90. The van der Waals surface area contributed by atoms with E-state index in [1.54, 1.807) is 16.1 Å². The van der Waals surface area contributed by atoms with Gasteiger partial charge >= 0.3 is 6.18 Å². The van der Waals surface area contributed by atoms with Gasteiger partial charge in [0.2, 0.25) is 0 Å². The average Bonchev–Trinajstić information content (AvgIpc) is 3.18. The van der Waals surface area contributed by atoms with Crippen molar-refractivity contribution in [3.63, 3.8) is 0 Å². The van der Waals surface area contributed by atoms with Gasteiger partial charge < -0.3 is 4.57 Å². The second kappa shape index (κ2) is 5.92. The third kappa shape index (κ3) is 3.52. The first-order chi connectivity index (χ1) is 10.9. The van der Waals surface area contributed by atoms with Crippen LogP contribution in [0.5, 0.6) is 0 Å². The van der Waals surface area contributed by atoms with Gasteiger partial charge in [0.15, 0.2) is 4.80 Å². The number of halogens is 4. The summed E-state index contributed by atoms with van der Waals surface area (Å²) in [6, 6.07) is 2.61. The van der Waals surface area contributed by atoms with E-state index in [2.05, 4.69) is 4.99 Å². The number of amides is 1. The van der Waals surface area contributed by atoms with Gasteiger partial charge in [-0.05, 0) is 30.9 Å². The first-order valence-electron chi connectivity index (χ1n) is 6.95. The molecule has 0 atom stereocenters. The fraction of sp³-hybridized carbons (Fsp3) is 0.333. The molecule has 23 heavy (non-hydrogen) atoms. The number of nitrogens with zero attached hydrogens (tertiary/aromatic N) is 2. The maximum absolute atomic E-state index is 14.0. The van der Waals surface area contributed by atoms with E-state index >= 15 is 0 Å². The van der Waals surface area contributed by atoms with E-state index in [0.717, 1.165) is 25.0 Å². The maximum atomic E-state index is 14.0. The summed E-state index contributed by atoms with van der Waals surface area (Å²) in [6.07, 6.45) is -0.871. The first-order valence-corrected chi connectivity index (χ1v) is 7.83. The molecule has 8 heteroatoms. The van der Waals surface area contributed by atoms with E-state index < -0.39 is 29.0 Å². The van der Waals surface area contributed by atoms with E-state index in [-0.39, 0.29) is 0 Å². The summed E-state index contributed by atoms with van der Waals surface area (Å²) in [5, 5.41) is 1.73. The summed E-state index contributed by atoms with van der Waals surface area (Å²) in [5.41, 5.74) is -2.14. The molecule has 1 aliphatic rings. The SMILES string of the molecule is O=C(/N=c1\sccn1CC1CC1)c1cccc(C(F)(F)F)c1F. The highest BCUT2D eigenvalue weighted by Crippen LogP contribution is 2.32. The number of carbonyl (C=O) groups is 1. The van der Waals surface area contributed by atoms with E-state index in [9.17, 15) is 22.4 Å². The summed E-state index contributed by atoms with van der Waals surface area (Å²) in [4.78, 5) is 16.2. The second-order valence-corrected chi connectivity index (χ2v) is 6.24. The molecule has 122 valence electrons. The third-order valence-electron chi connectivity index (χ3n) is 3.54. The Morgan fingerprint density at radius 2 is 2.09 bits per heavy atom. The zero-order valence-corrected chi connectivity index (χ0v) is 12.6. The molecule has 3 nitrogen and oxygen atoms in total. The minimum atomic E-state index is -4.85. The number of aromatic nitrogens is 1. The van der Waals surface area contributed by atoms with Crippen molar-refractivity contribution in [1.29, 1.82) is 0 Å². The molecule has 1 aromatic heterocycles. The van der Waals surface area contributed by atoms with E-state index in [0.29, 0.717) is 23.3 Å². The lowest BCUT2D eigenvalue weighted by molar-refractivity contribution is -0.140. The number of hydrogen-bond donors (Lipinski definition) is 0. The van der Waals surface area contributed by atoms with Crippen LogP contribution < -0.4 is 4.80 Å². The zero-order chi connectivity index (χ0) is 16.6. The minimum absolute atomic E-state index is 0.360. The third-order valence-corrected chi connectivity index (χ3v) is 4.34. The van der Waals surface area contributed by atoms with Crippen molar-refractivity contribution in [2.45, 2.75) is 25.6 Å². The largest absolute Gasteiger partial charge is 0.419 e. The van der Waals surface area contributed by atoms with Crippen molar-refractivity contribution in [3.05, 3.63) is 51.5 Å². The molecular weight excluding hydrogens is 332 g/mol. The molecule has 3 rings (SSSR count). The van der Waals surface area contributed by atoms with E-state index in [4.69, 9.17) is 0 Å². The number of rotatable bonds is 3. The minimum Gasteiger partial charge on any atom is -0.323 e. The Labute approximate surface area is 132 Å². The van der Waals surface area contributed by atoms with Crippen LogP contribution in [-0.4, -0.2) is 10.5 Å². The fourth-order valence-electron chi connectivity index (χ4n) is 2.17. The number of thiazole rings is 1. The Bertz CT molecular complexity index is 802. The second-order valence-electron chi connectivity index (χ2n) is 5.36. The number of carbonyl (C=O) groups excluding carboxylic acids is 1. The number of benzene rings is 1. The summed E-state index contributed by atoms with van der Waals surface area (Å²) in [6.45, 7) is 0.709. The monoisotopic (exact) mass is 344 g/mol. The van der Waals surface area contributed by atoms with Crippen LogP contribution in [0.1, 0.15) is 28.8 Å². The van der Waals surface area contributed by atoms with Crippen LogP contribution in [0.4, 0.5) is 17.6 Å². The summed E-state index contributed by atoms with van der Waals surface area (Å²) in [5.74, 6) is -2.05. The van der Waals surface area contributed by atoms with Crippen molar-refractivity contribution >= 4 is 17.2 Å². The molecule has 1 fully saturated rings. The number of alkyl halides is 3. The molecule has 0 bridgehead atoms. The molecule has 0 aliphatic heterocycles. The van der Waals surface area contributed by atoms with Crippen LogP contribution in [0, 0.1) is 11.7 Å². The highest BCUT2D eigenvalue weighted by Gasteiger charge is 2.35. The molecule has 0 saturated heterocycles. The highest BCUT2D eigenvalue weighted by atomic mass is 32.1. The van der Waals surface area contributed by atoms with Gasteiger partial charge in [0.1, 0.15) is 5.82 Å². The highest BCUT2D eigenvalue weighted by molar-refractivity contribution is 7.07. The van der Waals surface area contributed by atoms with Gasteiger partial charge in [-0.2, -0.15) is 18.2 Å².